The molecule has 2 bridgehead atoms. The number of fused-ring (bicyclic) bond motifs is 1. The van der Waals surface area contributed by atoms with Gasteiger partial charge in [0.1, 0.15) is 5.76 Å². The Balaban J connectivity index is 2.03. The Morgan fingerprint density at radius 3 is 3.00 bits per heavy atom. The van der Waals surface area contributed by atoms with Crippen LogP contribution in [0.25, 0.3) is 0 Å². The van der Waals surface area contributed by atoms with Crippen molar-refractivity contribution in [1.82, 2.24) is 0 Å². The Kier molecular flexibility index (Phi) is 1.64. The van der Waals surface area contributed by atoms with E-state index in [1.54, 1.807) is 11.8 Å². The predicted molar refractivity (Wildman–Crippen MR) is 59.0 cm³/mol. The fraction of sp³-hybridized carbons (Fsp3) is 0.700. The molecule has 4 heteroatoms. The first-order valence-electron chi connectivity index (χ1n) is 5.39. The van der Waals surface area contributed by atoms with Crippen LogP contribution in [0.3, 0.4) is 0 Å². The van der Waals surface area contributed by atoms with Crippen LogP contribution >= 0.6 is 27.7 Å². The normalized spacial score (nSPS) is 50.0. The fourth-order valence-corrected chi connectivity index (χ4v) is 5.46. The summed E-state index contributed by atoms with van der Waals surface area (Å²) in [7, 11) is 0. The third-order valence-corrected chi connectivity index (χ3v) is 5.62. The molecule has 76 valence electrons. The Morgan fingerprint density at radius 1 is 1.50 bits per heavy atom. The average Bonchev–Trinajstić information content (AvgIpc) is 2.71. The molecule has 3 unspecified atom stereocenters. The average molecular weight is 277 g/mol. The molecule has 2 nitrogen and oxygen atoms in total. The highest BCUT2D eigenvalue weighted by Crippen LogP contribution is 2.63. The van der Waals surface area contributed by atoms with Gasteiger partial charge in [-0.25, -0.2) is 0 Å². The van der Waals surface area contributed by atoms with Gasteiger partial charge in [-0.2, -0.15) is 11.8 Å². The summed E-state index contributed by atoms with van der Waals surface area (Å²) in [5, 5.41) is 0.373. The zero-order chi connectivity index (χ0) is 10.7. The van der Waals surface area contributed by atoms with E-state index in [0.29, 0.717) is 23.3 Å². The highest BCUT2D eigenvalue weighted by atomic mass is 79.9. The summed E-state index contributed by atoms with van der Waals surface area (Å²) in [5.74, 6) is 1.83. The molecule has 3 rings (SSSR count). The van der Waals surface area contributed by atoms with E-state index >= 15 is 0 Å². The number of halogens is 1. The van der Waals surface area contributed by atoms with Crippen LogP contribution < -0.4 is 0 Å². The van der Waals surface area contributed by atoms with Crippen LogP contribution in [0.15, 0.2) is 10.2 Å². The summed E-state index contributed by atoms with van der Waals surface area (Å²) >= 11 is 5.19. The van der Waals surface area contributed by atoms with Crippen molar-refractivity contribution in [2.75, 3.05) is 6.23 Å². The molecule has 2 aliphatic carbocycles. The standard InChI is InChI=1S/C10H11BrO2S/c1-3-4-6-8(13-10(4)12)7(11)5(3)9(6)14-2/h3-6,9H,1-2H3/t3-,4-,5?,6?,9?/m0/s1/i2T. The highest BCUT2D eigenvalue weighted by Gasteiger charge is 2.64. The Bertz CT molecular complexity index is 370. The number of rotatable bonds is 1. The monoisotopic (exact) mass is 276 g/mol. The zero-order valence-electron chi connectivity index (χ0n) is 8.70. The lowest BCUT2D eigenvalue weighted by molar-refractivity contribution is -0.139. The van der Waals surface area contributed by atoms with E-state index in [1.165, 1.54) is 0 Å². The maximum atomic E-state index is 11.7. The topological polar surface area (TPSA) is 26.3 Å². The molecule has 14 heavy (non-hydrogen) atoms. The lowest BCUT2D eigenvalue weighted by Crippen LogP contribution is -2.20. The lowest BCUT2D eigenvalue weighted by atomic mass is 9.86. The number of carbonyl (C=O) groups is 1. The second-order valence-electron chi connectivity index (χ2n) is 4.20. The molecule has 1 saturated heterocycles. The molecule has 0 radical (unpaired) electrons. The highest BCUT2D eigenvalue weighted by molar-refractivity contribution is 9.11. The summed E-state index contributed by atoms with van der Waals surface area (Å²) < 4.78 is 13.7. The van der Waals surface area contributed by atoms with Gasteiger partial charge < -0.3 is 4.74 Å². The lowest BCUT2D eigenvalue weighted by Gasteiger charge is -2.18. The minimum absolute atomic E-state index is 0.0512. The van der Waals surface area contributed by atoms with E-state index in [-0.39, 0.29) is 17.8 Å². The van der Waals surface area contributed by atoms with Crippen molar-refractivity contribution in [3.05, 3.63) is 10.2 Å². The SMILES string of the molecule is [3H]CSC1C2C(Br)=C3OC(=O)[C@H](C31)[C@@H]2C. The number of hydrogen-bond donors (Lipinski definition) is 0. The van der Waals surface area contributed by atoms with Crippen molar-refractivity contribution >= 4 is 33.7 Å². The maximum absolute atomic E-state index is 11.7. The Hall–Kier alpha value is 0.0400. The molecule has 1 aliphatic heterocycles. The molecule has 0 aromatic carbocycles. The number of carbonyl (C=O) groups excluding carboxylic acids is 1. The minimum Gasteiger partial charge on any atom is -0.430 e. The van der Waals surface area contributed by atoms with Crippen molar-refractivity contribution in [3.63, 3.8) is 0 Å². The minimum atomic E-state index is -0.0602. The van der Waals surface area contributed by atoms with Crippen LogP contribution in [0.2, 0.25) is 0 Å². The van der Waals surface area contributed by atoms with E-state index in [1.807, 2.05) is 0 Å². The molecule has 0 amide bonds. The van der Waals surface area contributed by atoms with Crippen LogP contribution in [0.4, 0.5) is 0 Å². The van der Waals surface area contributed by atoms with Crippen molar-refractivity contribution in [2.24, 2.45) is 23.7 Å². The van der Waals surface area contributed by atoms with Crippen molar-refractivity contribution < 1.29 is 10.9 Å². The van der Waals surface area contributed by atoms with Crippen LogP contribution in [-0.4, -0.2) is 17.5 Å². The van der Waals surface area contributed by atoms with Crippen molar-refractivity contribution in [1.29, 1.82) is 0 Å². The first-order valence-corrected chi connectivity index (χ1v) is 6.53. The Morgan fingerprint density at radius 2 is 2.29 bits per heavy atom. The van der Waals surface area contributed by atoms with E-state index < -0.39 is 0 Å². The van der Waals surface area contributed by atoms with Gasteiger partial charge in [-0.1, -0.05) is 22.9 Å². The molecule has 1 saturated carbocycles. The van der Waals surface area contributed by atoms with Crippen LogP contribution in [-0.2, 0) is 9.53 Å². The largest absolute Gasteiger partial charge is 0.430 e. The molecular formula is C10H11BrO2S. The van der Waals surface area contributed by atoms with Crippen LogP contribution in [0, 0.1) is 23.7 Å². The van der Waals surface area contributed by atoms with Gasteiger partial charge in [0.05, 0.1) is 5.92 Å². The fourth-order valence-electron chi connectivity index (χ4n) is 3.15. The van der Waals surface area contributed by atoms with Gasteiger partial charge in [0.15, 0.2) is 0 Å². The zero-order valence-corrected chi connectivity index (χ0v) is 10.1. The van der Waals surface area contributed by atoms with Crippen LogP contribution in [0.1, 0.15) is 8.29 Å². The molecule has 5 atom stereocenters. The van der Waals surface area contributed by atoms with Gasteiger partial charge in [0, 0.05) is 22.9 Å². The van der Waals surface area contributed by atoms with Crippen molar-refractivity contribution in [2.45, 2.75) is 12.2 Å². The summed E-state index contributed by atoms with van der Waals surface area (Å²) in [4.78, 5) is 11.7. The van der Waals surface area contributed by atoms with Gasteiger partial charge in [-0.3, -0.25) is 4.79 Å². The first-order chi connectivity index (χ1) is 7.16. The molecule has 0 spiro atoms. The third-order valence-electron chi connectivity index (χ3n) is 3.73. The molecular weight excluding hydrogens is 264 g/mol. The van der Waals surface area contributed by atoms with E-state index in [9.17, 15) is 4.79 Å². The van der Waals surface area contributed by atoms with Gasteiger partial charge in [0.25, 0.3) is 0 Å². The number of thioether (sulfide) groups is 1. The van der Waals surface area contributed by atoms with Gasteiger partial charge in [0.2, 0.25) is 0 Å². The quantitative estimate of drug-likeness (QED) is 0.688. The van der Waals surface area contributed by atoms with E-state index in [2.05, 4.69) is 22.9 Å². The molecule has 2 fully saturated rings. The number of hydrogen-bond acceptors (Lipinski definition) is 3. The predicted octanol–water partition coefficient (Wildman–Crippen LogP) is 2.39. The summed E-state index contributed by atoms with van der Waals surface area (Å²) in [6.07, 6.45) is 0.360. The number of esters is 1. The van der Waals surface area contributed by atoms with Crippen LogP contribution in [0.5, 0.6) is 0 Å². The maximum Gasteiger partial charge on any atom is 0.315 e. The number of ether oxygens (including phenoxy) is 1. The van der Waals surface area contributed by atoms with Crippen molar-refractivity contribution in [3.8, 4) is 0 Å². The van der Waals surface area contributed by atoms with E-state index in [4.69, 9.17) is 6.11 Å². The molecule has 0 aromatic rings. The summed E-state index contributed by atoms with van der Waals surface area (Å²) in [5.41, 5.74) is 0. The molecule has 0 N–H and O–H groups in total. The molecule has 3 aliphatic rings. The molecule has 1 heterocycles. The van der Waals surface area contributed by atoms with Gasteiger partial charge >= 0.3 is 5.97 Å². The summed E-state index contributed by atoms with van der Waals surface area (Å²) in [6.45, 7) is 2.12. The Labute approximate surface area is 97.0 Å². The third kappa shape index (κ3) is 0.830. The number of allylic oxidation sites excluding steroid dienone is 2. The first kappa shape index (κ1) is 8.22. The smallest absolute Gasteiger partial charge is 0.315 e. The van der Waals surface area contributed by atoms with Gasteiger partial charge in [-0.15, -0.1) is 0 Å². The molecule has 0 aromatic heterocycles. The van der Waals surface area contributed by atoms with Gasteiger partial charge in [-0.05, 0) is 12.1 Å². The second kappa shape index (κ2) is 2.79. The van der Waals surface area contributed by atoms with E-state index in [0.717, 1.165) is 10.2 Å². The summed E-state index contributed by atoms with van der Waals surface area (Å²) in [6, 6.07) is 0. The second-order valence-corrected chi connectivity index (χ2v) is 5.93.